The third-order valence-corrected chi connectivity index (χ3v) is 3.98. The fourth-order valence-electron chi connectivity index (χ4n) is 2.45. The van der Waals surface area contributed by atoms with Gasteiger partial charge in [-0.25, -0.2) is 0 Å². The van der Waals surface area contributed by atoms with Crippen molar-refractivity contribution in [3.05, 3.63) is 0 Å². The van der Waals surface area contributed by atoms with Gasteiger partial charge in [-0.15, -0.1) is 0 Å². The Hall–Kier alpha value is -0.260. The van der Waals surface area contributed by atoms with E-state index in [0.717, 1.165) is 26.2 Å². The van der Waals surface area contributed by atoms with Gasteiger partial charge in [0.1, 0.15) is 0 Å². The van der Waals surface area contributed by atoms with Crippen molar-refractivity contribution in [3.63, 3.8) is 0 Å². The lowest BCUT2D eigenvalue weighted by atomic mass is 9.97. The summed E-state index contributed by atoms with van der Waals surface area (Å²) in [5.74, 6) is 1.46. The molecule has 1 aliphatic rings. The number of piperidine rings is 1. The van der Waals surface area contributed by atoms with Gasteiger partial charge in [0.15, 0.2) is 0 Å². The Morgan fingerprint density at radius 2 is 2.33 bits per heavy atom. The Labute approximate surface area is 115 Å². The maximum atomic E-state index is 11.7. The molecular weight excluding hydrogens is 248 g/mol. The molecule has 1 fully saturated rings. The van der Waals surface area contributed by atoms with Crippen LogP contribution in [0.25, 0.3) is 0 Å². The predicted octanol–water partition coefficient (Wildman–Crippen LogP) is 1.17. The molecule has 0 aromatic heterocycles. The maximum Gasteiger partial charge on any atom is 0.232 e. The molecule has 1 atom stereocenters. The Morgan fingerprint density at radius 1 is 1.56 bits per heavy atom. The standard InChI is InChI=1S/C13H26N2O2S/c1-14(13(16)11-18-3)9-12-5-4-6-15(10-12)7-8-17-2/h12H,4-11H2,1-3H3/t12-/m0/s1. The largest absolute Gasteiger partial charge is 0.383 e. The Kier molecular flexibility index (Phi) is 7.70. The van der Waals surface area contributed by atoms with Crippen molar-refractivity contribution in [2.45, 2.75) is 12.8 Å². The Bertz CT molecular complexity index is 251. The molecule has 0 N–H and O–H groups in total. The third kappa shape index (κ3) is 5.59. The fraction of sp³-hybridized carbons (Fsp3) is 0.923. The lowest BCUT2D eigenvalue weighted by Crippen LogP contribution is -2.43. The molecule has 106 valence electrons. The van der Waals surface area contributed by atoms with Crippen molar-refractivity contribution in [2.75, 3.05) is 59.0 Å². The van der Waals surface area contributed by atoms with E-state index in [4.69, 9.17) is 4.74 Å². The molecule has 0 spiro atoms. The van der Waals surface area contributed by atoms with Gasteiger partial charge in [-0.1, -0.05) is 0 Å². The first-order valence-corrected chi connectivity index (χ1v) is 8.01. The van der Waals surface area contributed by atoms with Gasteiger partial charge in [0, 0.05) is 33.8 Å². The summed E-state index contributed by atoms with van der Waals surface area (Å²) in [6.07, 6.45) is 4.44. The van der Waals surface area contributed by atoms with Crippen molar-refractivity contribution in [2.24, 2.45) is 5.92 Å². The molecule has 0 aromatic carbocycles. The average Bonchev–Trinajstić information content (AvgIpc) is 2.37. The topological polar surface area (TPSA) is 32.8 Å². The van der Waals surface area contributed by atoms with Gasteiger partial charge in [-0.3, -0.25) is 4.79 Å². The van der Waals surface area contributed by atoms with Crippen molar-refractivity contribution < 1.29 is 9.53 Å². The van der Waals surface area contributed by atoms with Crippen molar-refractivity contribution in [1.82, 2.24) is 9.80 Å². The highest BCUT2D eigenvalue weighted by molar-refractivity contribution is 7.99. The molecule has 0 unspecified atom stereocenters. The SMILES string of the molecule is COCCN1CCC[C@@H](CN(C)C(=O)CSC)C1. The van der Waals surface area contributed by atoms with E-state index in [1.54, 1.807) is 18.9 Å². The minimum Gasteiger partial charge on any atom is -0.383 e. The summed E-state index contributed by atoms with van der Waals surface area (Å²) in [5, 5.41) is 0. The van der Waals surface area contributed by atoms with Gasteiger partial charge in [-0.2, -0.15) is 11.8 Å². The predicted molar refractivity (Wildman–Crippen MR) is 77.1 cm³/mol. The minimum atomic E-state index is 0.247. The van der Waals surface area contributed by atoms with Crippen LogP contribution in [0.1, 0.15) is 12.8 Å². The van der Waals surface area contributed by atoms with Crippen LogP contribution in [0.4, 0.5) is 0 Å². The van der Waals surface area contributed by atoms with E-state index in [1.807, 2.05) is 18.2 Å². The summed E-state index contributed by atoms with van der Waals surface area (Å²) in [6, 6.07) is 0. The lowest BCUT2D eigenvalue weighted by Gasteiger charge is -2.34. The normalized spacial score (nSPS) is 20.9. The molecule has 1 aliphatic heterocycles. The highest BCUT2D eigenvalue weighted by Crippen LogP contribution is 2.17. The number of carbonyl (C=O) groups excluding carboxylic acids is 1. The summed E-state index contributed by atoms with van der Waals surface area (Å²) in [7, 11) is 3.67. The highest BCUT2D eigenvalue weighted by atomic mass is 32.2. The van der Waals surface area contributed by atoms with Crippen LogP contribution in [-0.4, -0.2) is 74.7 Å². The molecular formula is C13H26N2O2S. The van der Waals surface area contributed by atoms with Crippen molar-refractivity contribution in [3.8, 4) is 0 Å². The van der Waals surface area contributed by atoms with Crippen LogP contribution in [0, 0.1) is 5.92 Å². The molecule has 0 aliphatic carbocycles. The summed E-state index contributed by atoms with van der Waals surface area (Å²) >= 11 is 1.59. The van der Waals surface area contributed by atoms with Gasteiger partial charge in [-0.05, 0) is 31.6 Å². The Morgan fingerprint density at radius 3 is 3.00 bits per heavy atom. The van der Waals surface area contributed by atoms with Crippen LogP contribution in [-0.2, 0) is 9.53 Å². The van der Waals surface area contributed by atoms with Crippen LogP contribution < -0.4 is 0 Å². The summed E-state index contributed by atoms with van der Waals surface area (Å²) < 4.78 is 5.12. The first-order valence-electron chi connectivity index (χ1n) is 6.61. The van der Waals surface area contributed by atoms with Crippen LogP contribution in [0.3, 0.4) is 0 Å². The number of amides is 1. The van der Waals surface area contributed by atoms with Crippen LogP contribution in [0.2, 0.25) is 0 Å². The molecule has 0 radical (unpaired) electrons. The molecule has 1 amide bonds. The number of thioether (sulfide) groups is 1. The number of rotatable bonds is 7. The van der Waals surface area contributed by atoms with Crippen LogP contribution in [0.5, 0.6) is 0 Å². The summed E-state index contributed by atoms with van der Waals surface area (Å²) in [5.41, 5.74) is 0. The third-order valence-electron chi connectivity index (χ3n) is 3.44. The molecule has 0 saturated carbocycles. The molecule has 1 heterocycles. The lowest BCUT2D eigenvalue weighted by molar-refractivity contribution is -0.127. The van der Waals surface area contributed by atoms with Gasteiger partial charge in [0.2, 0.25) is 5.91 Å². The second-order valence-corrected chi connectivity index (χ2v) is 5.87. The molecule has 0 bridgehead atoms. The van der Waals surface area contributed by atoms with E-state index in [-0.39, 0.29) is 5.91 Å². The van der Waals surface area contributed by atoms with E-state index in [0.29, 0.717) is 11.7 Å². The van der Waals surface area contributed by atoms with Gasteiger partial charge < -0.3 is 14.5 Å². The quantitative estimate of drug-likeness (QED) is 0.697. The average molecular weight is 274 g/mol. The number of carbonyl (C=O) groups is 1. The van der Waals surface area contributed by atoms with Gasteiger partial charge in [0.25, 0.3) is 0 Å². The van der Waals surface area contributed by atoms with Gasteiger partial charge >= 0.3 is 0 Å². The van der Waals surface area contributed by atoms with E-state index < -0.39 is 0 Å². The van der Waals surface area contributed by atoms with E-state index in [2.05, 4.69) is 4.90 Å². The van der Waals surface area contributed by atoms with Crippen molar-refractivity contribution in [1.29, 1.82) is 0 Å². The monoisotopic (exact) mass is 274 g/mol. The first-order chi connectivity index (χ1) is 8.67. The second-order valence-electron chi connectivity index (χ2n) is 5.01. The molecule has 4 nitrogen and oxygen atoms in total. The number of methoxy groups -OCH3 is 1. The zero-order valence-electron chi connectivity index (χ0n) is 11.9. The number of ether oxygens (including phenoxy) is 1. The number of likely N-dealkylation sites (tertiary alicyclic amines) is 1. The summed E-state index contributed by atoms with van der Waals surface area (Å²) in [6.45, 7) is 4.97. The molecule has 18 heavy (non-hydrogen) atoms. The van der Waals surface area contributed by atoms with Crippen LogP contribution in [0.15, 0.2) is 0 Å². The van der Waals surface area contributed by atoms with Gasteiger partial charge in [0.05, 0.1) is 12.4 Å². The molecule has 1 rings (SSSR count). The second kappa shape index (κ2) is 8.77. The van der Waals surface area contributed by atoms with E-state index in [9.17, 15) is 4.79 Å². The molecule has 5 heteroatoms. The van der Waals surface area contributed by atoms with Crippen molar-refractivity contribution >= 4 is 17.7 Å². The Balaban J connectivity index is 2.30. The smallest absolute Gasteiger partial charge is 0.232 e. The number of hydrogen-bond acceptors (Lipinski definition) is 4. The van der Waals surface area contributed by atoms with Crippen LogP contribution >= 0.6 is 11.8 Å². The maximum absolute atomic E-state index is 11.7. The minimum absolute atomic E-state index is 0.247. The number of nitrogens with zero attached hydrogens (tertiary/aromatic N) is 2. The molecule has 0 aromatic rings. The summed E-state index contributed by atoms with van der Waals surface area (Å²) in [4.78, 5) is 16.1. The first kappa shape index (κ1) is 15.8. The van der Waals surface area contributed by atoms with E-state index >= 15 is 0 Å². The van der Waals surface area contributed by atoms with E-state index in [1.165, 1.54) is 19.4 Å². The zero-order valence-corrected chi connectivity index (χ0v) is 12.7. The number of hydrogen-bond donors (Lipinski definition) is 0. The molecule has 1 saturated heterocycles. The zero-order chi connectivity index (χ0) is 13.4. The fourth-order valence-corrected chi connectivity index (χ4v) is 2.91. The highest BCUT2D eigenvalue weighted by Gasteiger charge is 2.22.